The average Bonchev–Trinajstić information content (AvgIpc) is 2.77. The van der Waals surface area contributed by atoms with Crippen molar-refractivity contribution in [3.8, 4) is 0 Å². The lowest BCUT2D eigenvalue weighted by Crippen LogP contribution is -2.51. The summed E-state index contributed by atoms with van der Waals surface area (Å²) in [6, 6.07) is 16.3. The number of benzene rings is 2. The Morgan fingerprint density at radius 2 is 0.816 bits per heavy atom. The van der Waals surface area contributed by atoms with Crippen molar-refractivity contribution >= 4 is 58.5 Å². The quantitative estimate of drug-likeness (QED) is 0.311. The van der Waals surface area contributed by atoms with E-state index in [1.807, 2.05) is 53.7 Å². The Morgan fingerprint density at radius 1 is 0.526 bits per heavy atom. The van der Waals surface area contributed by atoms with Gasteiger partial charge >= 0.3 is 12.1 Å². The molecule has 0 unspecified atom stereocenters. The van der Waals surface area contributed by atoms with Crippen LogP contribution in [0.1, 0.15) is 62.3 Å². The van der Waals surface area contributed by atoms with Crippen LogP contribution < -0.4 is 31.9 Å². The highest BCUT2D eigenvalue weighted by atomic mass is 32.1. The fraction of sp³-hybridized carbons (Fsp3) is 0.308. The molecule has 6 amide bonds. The van der Waals surface area contributed by atoms with Crippen LogP contribution in [0.3, 0.4) is 0 Å². The minimum atomic E-state index is -0.453. The van der Waals surface area contributed by atoms with E-state index in [2.05, 4.69) is 31.9 Å². The number of carbonyl (C=O) groups excluding carboxylic acids is 4. The zero-order valence-electron chi connectivity index (χ0n) is 22.2. The first-order valence-corrected chi connectivity index (χ1v) is 12.4. The molecular weight excluding hydrogens is 524 g/mol. The molecule has 204 valence electrons. The van der Waals surface area contributed by atoms with E-state index in [0.29, 0.717) is 11.1 Å². The van der Waals surface area contributed by atoms with Crippen LogP contribution in [0.4, 0.5) is 9.59 Å². The van der Waals surface area contributed by atoms with Crippen LogP contribution >= 0.6 is 24.4 Å². The second-order valence-electron chi connectivity index (χ2n) is 9.96. The van der Waals surface area contributed by atoms with Gasteiger partial charge in [-0.3, -0.25) is 30.9 Å². The molecule has 10 nitrogen and oxygen atoms in total. The summed E-state index contributed by atoms with van der Waals surface area (Å²) in [7, 11) is 0. The zero-order valence-corrected chi connectivity index (χ0v) is 23.9. The van der Waals surface area contributed by atoms with Gasteiger partial charge in [0.05, 0.1) is 0 Å². The van der Waals surface area contributed by atoms with Gasteiger partial charge in [0.15, 0.2) is 10.2 Å². The van der Waals surface area contributed by atoms with E-state index in [-0.39, 0.29) is 33.1 Å². The lowest BCUT2D eigenvalue weighted by molar-refractivity contribution is 0.0968. The lowest BCUT2D eigenvalue weighted by Gasteiger charge is -2.20. The van der Waals surface area contributed by atoms with Crippen molar-refractivity contribution < 1.29 is 19.2 Å². The summed E-state index contributed by atoms with van der Waals surface area (Å²) < 4.78 is 0. The molecule has 0 radical (unpaired) electrons. The first-order valence-electron chi connectivity index (χ1n) is 11.5. The fourth-order valence-corrected chi connectivity index (χ4v) is 2.91. The Kier molecular flexibility index (Phi) is 12.5. The summed E-state index contributed by atoms with van der Waals surface area (Å²) in [6.07, 6.45) is 0. The number of carbonyl (C=O) groups is 4. The van der Waals surface area contributed by atoms with Crippen LogP contribution in [-0.4, -0.2) is 45.2 Å². The first kappa shape index (κ1) is 32.1. The van der Waals surface area contributed by atoms with Crippen molar-refractivity contribution in [1.82, 2.24) is 31.9 Å². The molecule has 0 aliphatic carbocycles. The van der Waals surface area contributed by atoms with Crippen molar-refractivity contribution in [3.05, 3.63) is 71.8 Å². The first-order chi connectivity index (χ1) is 17.6. The molecule has 2 rings (SSSR count). The topological polar surface area (TPSA) is 140 Å². The summed E-state index contributed by atoms with van der Waals surface area (Å²) in [5.74, 6) is -0.719. The van der Waals surface area contributed by atoms with Gasteiger partial charge in [-0.1, -0.05) is 36.4 Å². The van der Waals surface area contributed by atoms with Gasteiger partial charge in [0.2, 0.25) is 0 Å². The van der Waals surface area contributed by atoms with Crippen molar-refractivity contribution in [2.75, 3.05) is 0 Å². The third-order valence-corrected chi connectivity index (χ3v) is 4.37. The Balaban J connectivity index is 0.000000380. The van der Waals surface area contributed by atoms with Crippen LogP contribution in [0.5, 0.6) is 0 Å². The highest BCUT2D eigenvalue weighted by Gasteiger charge is 2.16. The van der Waals surface area contributed by atoms with Gasteiger partial charge in [-0.25, -0.2) is 9.59 Å². The monoisotopic (exact) mass is 558 g/mol. The molecule has 6 N–H and O–H groups in total. The molecule has 0 heterocycles. The van der Waals surface area contributed by atoms with E-state index in [1.54, 1.807) is 48.5 Å². The van der Waals surface area contributed by atoms with Gasteiger partial charge in [0, 0.05) is 22.2 Å². The summed E-state index contributed by atoms with van der Waals surface area (Å²) in [6.45, 7) is 11.1. The summed E-state index contributed by atoms with van der Waals surface area (Å²) in [4.78, 5) is 46.6. The summed E-state index contributed by atoms with van der Waals surface area (Å²) >= 11 is 9.78. The van der Waals surface area contributed by atoms with Crippen LogP contribution in [0.2, 0.25) is 0 Å². The van der Waals surface area contributed by atoms with E-state index in [0.717, 1.165) is 0 Å². The molecule has 0 aliphatic heterocycles. The normalized spacial score (nSPS) is 10.5. The predicted octanol–water partition coefficient (Wildman–Crippen LogP) is 3.60. The van der Waals surface area contributed by atoms with Crippen molar-refractivity contribution in [1.29, 1.82) is 0 Å². The summed E-state index contributed by atoms with van der Waals surface area (Å²) in [5, 5.41) is 14.9. The summed E-state index contributed by atoms with van der Waals surface area (Å²) in [5.41, 5.74) is 0.206. The Hall–Kier alpha value is -3.90. The molecule has 0 atom stereocenters. The molecule has 2 aromatic carbocycles. The lowest BCUT2D eigenvalue weighted by atomic mass is 10.1. The predicted molar refractivity (Wildman–Crippen MR) is 156 cm³/mol. The second kappa shape index (κ2) is 14.7. The number of thiocarbonyl (C=S) groups is 2. The maximum Gasteiger partial charge on any atom is 0.321 e. The van der Waals surface area contributed by atoms with E-state index in [1.165, 1.54) is 0 Å². The SMILES string of the molecule is CC(C)(C)NC(=O)NC(=S)NC(=O)c1ccccc1.CC(C)(C)NC(=O)NC(=S)NC(=O)c1ccccc1. The van der Waals surface area contributed by atoms with Gasteiger partial charge in [0.1, 0.15) is 0 Å². The van der Waals surface area contributed by atoms with Crippen LogP contribution in [0, 0.1) is 0 Å². The number of nitrogens with one attached hydrogen (secondary N) is 6. The number of amides is 6. The minimum absolute atomic E-state index is 0.0318. The highest BCUT2D eigenvalue weighted by molar-refractivity contribution is 7.80. The molecule has 0 saturated heterocycles. The molecule has 0 aliphatic rings. The minimum Gasteiger partial charge on any atom is -0.333 e. The van der Waals surface area contributed by atoms with Gasteiger partial charge in [0.25, 0.3) is 11.8 Å². The third kappa shape index (κ3) is 14.6. The van der Waals surface area contributed by atoms with E-state index >= 15 is 0 Å². The zero-order chi connectivity index (χ0) is 28.9. The Morgan fingerprint density at radius 3 is 1.08 bits per heavy atom. The van der Waals surface area contributed by atoms with E-state index < -0.39 is 12.1 Å². The van der Waals surface area contributed by atoms with Crippen molar-refractivity contribution in [3.63, 3.8) is 0 Å². The molecule has 0 aromatic heterocycles. The van der Waals surface area contributed by atoms with Gasteiger partial charge in [-0.2, -0.15) is 0 Å². The number of hydrogen-bond donors (Lipinski definition) is 6. The standard InChI is InChI=1S/2C13H17N3O2S/c2*1-13(2,3)16-11(18)15-12(19)14-10(17)9-7-5-4-6-8-9/h2*4-8H,1-3H3,(H3,14,15,16,17,18,19). The van der Waals surface area contributed by atoms with Crippen molar-refractivity contribution in [2.24, 2.45) is 0 Å². The molecular formula is C26H34N6O4S2. The largest absolute Gasteiger partial charge is 0.333 e. The maximum atomic E-state index is 11.8. The van der Waals surface area contributed by atoms with Crippen LogP contribution in [0.15, 0.2) is 60.7 Å². The number of hydrogen-bond acceptors (Lipinski definition) is 6. The molecule has 0 fully saturated rings. The van der Waals surface area contributed by atoms with Gasteiger partial charge < -0.3 is 10.6 Å². The van der Waals surface area contributed by atoms with Crippen LogP contribution in [0.25, 0.3) is 0 Å². The van der Waals surface area contributed by atoms with Gasteiger partial charge in [-0.15, -0.1) is 0 Å². The van der Waals surface area contributed by atoms with Crippen LogP contribution in [-0.2, 0) is 0 Å². The van der Waals surface area contributed by atoms with E-state index in [4.69, 9.17) is 24.4 Å². The molecule has 0 bridgehead atoms. The van der Waals surface area contributed by atoms with Gasteiger partial charge in [-0.05, 0) is 90.2 Å². The maximum absolute atomic E-state index is 11.8. The fourth-order valence-electron chi connectivity index (χ4n) is 2.54. The molecule has 0 spiro atoms. The Labute approximate surface area is 233 Å². The number of urea groups is 2. The smallest absolute Gasteiger partial charge is 0.321 e. The molecule has 12 heteroatoms. The third-order valence-electron chi connectivity index (χ3n) is 3.96. The Bertz CT molecular complexity index is 1050. The second-order valence-corrected chi connectivity index (χ2v) is 10.8. The van der Waals surface area contributed by atoms with E-state index in [9.17, 15) is 19.2 Å². The molecule has 2 aromatic rings. The average molecular weight is 559 g/mol. The van der Waals surface area contributed by atoms with Crippen molar-refractivity contribution in [2.45, 2.75) is 52.6 Å². The highest BCUT2D eigenvalue weighted by Crippen LogP contribution is 2.00. The number of rotatable bonds is 2. The molecule has 38 heavy (non-hydrogen) atoms. The molecule has 0 saturated carbocycles.